The Labute approximate surface area is 115 Å². The second-order valence-electron chi connectivity index (χ2n) is 4.86. The Kier molecular flexibility index (Phi) is 3.40. The van der Waals surface area contributed by atoms with Crippen molar-refractivity contribution in [3.63, 3.8) is 0 Å². The molecule has 0 fully saturated rings. The Hall–Kier alpha value is -1.94. The molecule has 1 aliphatic rings. The van der Waals surface area contributed by atoms with Gasteiger partial charge < -0.3 is 9.84 Å². The summed E-state index contributed by atoms with van der Waals surface area (Å²) in [6.45, 7) is 0. The van der Waals surface area contributed by atoms with Gasteiger partial charge >= 0.3 is 0 Å². The second-order valence-corrected chi connectivity index (χ2v) is 4.86. The molecule has 4 heteroatoms. The summed E-state index contributed by atoms with van der Waals surface area (Å²) in [6.07, 6.45) is -2.96. The van der Waals surface area contributed by atoms with Gasteiger partial charge in [0.25, 0.3) is 6.43 Å². The molecule has 0 aromatic heterocycles. The van der Waals surface area contributed by atoms with Gasteiger partial charge in [0.1, 0.15) is 11.9 Å². The van der Waals surface area contributed by atoms with E-state index in [2.05, 4.69) is 0 Å². The molecule has 3 rings (SSSR count). The van der Waals surface area contributed by atoms with E-state index in [0.29, 0.717) is 12.2 Å². The van der Waals surface area contributed by atoms with Crippen molar-refractivity contribution in [2.75, 3.05) is 0 Å². The largest absolute Gasteiger partial charge is 0.485 e. The molecule has 1 unspecified atom stereocenters. The number of fused-ring (bicyclic) bond motifs is 1. The van der Waals surface area contributed by atoms with Gasteiger partial charge in [-0.25, -0.2) is 8.78 Å². The number of ether oxygens (including phenoxy) is 1. The topological polar surface area (TPSA) is 29.5 Å². The van der Waals surface area contributed by atoms with Crippen LogP contribution in [0.25, 0.3) is 0 Å². The van der Waals surface area contributed by atoms with Crippen LogP contribution in [-0.2, 0) is 0 Å². The van der Waals surface area contributed by atoms with Gasteiger partial charge in [-0.05, 0) is 11.6 Å². The average molecular weight is 276 g/mol. The van der Waals surface area contributed by atoms with Crippen LogP contribution in [-0.4, -0.2) is 5.11 Å². The first-order valence-electron chi connectivity index (χ1n) is 6.47. The lowest BCUT2D eigenvalue weighted by Crippen LogP contribution is -2.18. The molecule has 1 heterocycles. The van der Waals surface area contributed by atoms with E-state index >= 15 is 0 Å². The van der Waals surface area contributed by atoms with E-state index in [9.17, 15) is 13.9 Å². The van der Waals surface area contributed by atoms with Gasteiger partial charge in [0, 0.05) is 17.5 Å². The molecule has 2 aromatic rings. The van der Waals surface area contributed by atoms with Crippen LogP contribution in [0.4, 0.5) is 8.78 Å². The summed E-state index contributed by atoms with van der Waals surface area (Å²) in [5, 5.41) is 10.1. The fourth-order valence-corrected chi connectivity index (χ4v) is 2.45. The molecule has 0 saturated heterocycles. The highest BCUT2D eigenvalue weighted by Crippen LogP contribution is 2.40. The summed E-state index contributed by atoms with van der Waals surface area (Å²) in [5.41, 5.74) is 1.56. The Balaban J connectivity index is 1.86. The minimum absolute atomic E-state index is 0.00879. The van der Waals surface area contributed by atoms with Crippen molar-refractivity contribution >= 4 is 0 Å². The van der Waals surface area contributed by atoms with E-state index in [1.165, 1.54) is 12.1 Å². The Morgan fingerprint density at radius 3 is 2.45 bits per heavy atom. The highest BCUT2D eigenvalue weighted by Gasteiger charge is 2.27. The van der Waals surface area contributed by atoms with Gasteiger partial charge in [-0.3, -0.25) is 0 Å². The van der Waals surface area contributed by atoms with Crippen molar-refractivity contribution in [3.05, 3.63) is 65.2 Å². The molecule has 2 atom stereocenters. The third-order valence-electron chi connectivity index (χ3n) is 3.54. The molecular formula is C16H14F2O2. The van der Waals surface area contributed by atoms with E-state index in [1.54, 1.807) is 18.2 Å². The highest BCUT2D eigenvalue weighted by atomic mass is 19.3. The maximum atomic E-state index is 12.5. The minimum Gasteiger partial charge on any atom is -0.485 e. The van der Waals surface area contributed by atoms with Crippen LogP contribution in [0.5, 0.6) is 5.75 Å². The molecule has 2 nitrogen and oxygen atoms in total. The fraction of sp³-hybridized carbons (Fsp3) is 0.250. The first kappa shape index (κ1) is 13.1. The van der Waals surface area contributed by atoms with Gasteiger partial charge in [0.15, 0.2) is 0 Å². The maximum Gasteiger partial charge on any atom is 0.263 e. The quantitative estimate of drug-likeness (QED) is 0.891. The standard InChI is InChI=1S/C16H14F2O2/c17-16(18)11-7-5-10(6-8-11)15-9-13(19)12-3-1-2-4-14(12)20-15/h1-8,13,15-16,19H,9H2/t13-,15?/m0/s1. The molecule has 0 radical (unpaired) electrons. The van der Waals surface area contributed by atoms with Crippen molar-refractivity contribution in [2.24, 2.45) is 0 Å². The number of hydrogen-bond donors (Lipinski definition) is 1. The molecule has 0 bridgehead atoms. The highest BCUT2D eigenvalue weighted by molar-refractivity contribution is 5.38. The summed E-state index contributed by atoms with van der Waals surface area (Å²) < 4.78 is 30.9. The zero-order valence-corrected chi connectivity index (χ0v) is 10.7. The normalized spacial score (nSPS) is 21.4. The van der Waals surface area contributed by atoms with Gasteiger partial charge in [0.05, 0.1) is 6.10 Å². The van der Waals surface area contributed by atoms with Gasteiger partial charge in [-0.1, -0.05) is 42.5 Å². The molecule has 1 aliphatic heterocycles. The van der Waals surface area contributed by atoms with Crippen LogP contribution >= 0.6 is 0 Å². The summed E-state index contributed by atoms with van der Waals surface area (Å²) >= 11 is 0. The van der Waals surface area contributed by atoms with Crippen LogP contribution in [0, 0.1) is 0 Å². The number of aliphatic hydroxyl groups excluding tert-OH is 1. The predicted octanol–water partition coefficient (Wildman–Crippen LogP) is 4.18. The van der Waals surface area contributed by atoms with Crippen molar-refractivity contribution in [3.8, 4) is 5.75 Å². The van der Waals surface area contributed by atoms with E-state index in [1.807, 2.05) is 18.2 Å². The SMILES string of the molecule is O[C@H]1CC(c2ccc(C(F)F)cc2)Oc2ccccc21. The van der Waals surface area contributed by atoms with E-state index < -0.39 is 12.5 Å². The van der Waals surface area contributed by atoms with Crippen LogP contribution in [0.3, 0.4) is 0 Å². The first-order chi connectivity index (χ1) is 9.65. The molecule has 20 heavy (non-hydrogen) atoms. The number of hydrogen-bond acceptors (Lipinski definition) is 2. The Morgan fingerprint density at radius 2 is 1.75 bits per heavy atom. The van der Waals surface area contributed by atoms with Crippen LogP contribution in [0.2, 0.25) is 0 Å². The fourth-order valence-electron chi connectivity index (χ4n) is 2.45. The maximum absolute atomic E-state index is 12.5. The van der Waals surface area contributed by atoms with Crippen molar-refractivity contribution in [1.29, 1.82) is 0 Å². The molecule has 0 saturated carbocycles. The van der Waals surface area contributed by atoms with Crippen LogP contribution in [0.1, 0.15) is 41.7 Å². The lowest BCUT2D eigenvalue weighted by atomic mass is 9.94. The van der Waals surface area contributed by atoms with E-state index in [0.717, 1.165) is 11.1 Å². The van der Waals surface area contributed by atoms with Gasteiger partial charge in [0.2, 0.25) is 0 Å². The van der Waals surface area contributed by atoms with Gasteiger partial charge in [-0.2, -0.15) is 0 Å². The number of aliphatic hydroxyl groups is 1. The molecule has 0 amide bonds. The Bertz CT molecular complexity index is 596. The zero-order valence-electron chi connectivity index (χ0n) is 10.7. The first-order valence-corrected chi connectivity index (χ1v) is 6.47. The van der Waals surface area contributed by atoms with Crippen molar-refractivity contribution < 1.29 is 18.6 Å². The number of benzene rings is 2. The predicted molar refractivity (Wildman–Crippen MR) is 70.8 cm³/mol. The average Bonchev–Trinajstić information content (AvgIpc) is 2.47. The molecule has 104 valence electrons. The lowest BCUT2D eigenvalue weighted by Gasteiger charge is -2.29. The molecule has 1 N–H and O–H groups in total. The second kappa shape index (κ2) is 5.21. The Morgan fingerprint density at radius 1 is 1.05 bits per heavy atom. The molecule has 0 spiro atoms. The zero-order chi connectivity index (χ0) is 14.1. The summed E-state index contributed by atoms with van der Waals surface area (Å²) in [7, 11) is 0. The molecular weight excluding hydrogens is 262 g/mol. The van der Waals surface area contributed by atoms with Crippen LogP contribution < -0.4 is 4.74 Å². The van der Waals surface area contributed by atoms with E-state index in [4.69, 9.17) is 4.74 Å². The van der Waals surface area contributed by atoms with Crippen LogP contribution in [0.15, 0.2) is 48.5 Å². The van der Waals surface area contributed by atoms with E-state index in [-0.39, 0.29) is 11.7 Å². The number of para-hydroxylation sites is 1. The number of alkyl halides is 2. The van der Waals surface area contributed by atoms with Crippen molar-refractivity contribution in [2.45, 2.75) is 25.1 Å². The summed E-state index contributed by atoms with van der Waals surface area (Å²) in [4.78, 5) is 0. The summed E-state index contributed by atoms with van der Waals surface area (Å²) in [5.74, 6) is 0.647. The summed E-state index contributed by atoms with van der Waals surface area (Å²) in [6, 6.07) is 13.4. The lowest BCUT2D eigenvalue weighted by molar-refractivity contribution is 0.0656. The smallest absolute Gasteiger partial charge is 0.263 e. The number of halogens is 2. The number of rotatable bonds is 2. The third-order valence-corrected chi connectivity index (χ3v) is 3.54. The van der Waals surface area contributed by atoms with Crippen molar-refractivity contribution in [1.82, 2.24) is 0 Å². The van der Waals surface area contributed by atoms with Gasteiger partial charge in [-0.15, -0.1) is 0 Å². The minimum atomic E-state index is -2.47. The molecule has 2 aromatic carbocycles. The monoisotopic (exact) mass is 276 g/mol. The third kappa shape index (κ3) is 2.39. The molecule has 0 aliphatic carbocycles.